The van der Waals surface area contributed by atoms with Crippen molar-refractivity contribution in [3.63, 3.8) is 0 Å². The summed E-state index contributed by atoms with van der Waals surface area (Å²) in [6.07, 6.45) is -2.96. The summed E-state index contributed by atoms with van der Waals surface area (Å²) in [5.74, 6) is -0.776. The SMILES string of the molecule is Cn1ncc2cc(-c3cc(C(N)=O)ccc3C(F)(F)F)ccc21. The van der Waals surface area contributed by atoms with Crippen LogP contribution in [0.3, 0.4) is 0 Å². The molecule has 118 valence electrons. The molecule has 0 spiro atoms. The number of carbonyl (C=O) groups is 1. The smallest absolute Gasteiger partial charge is 0.366 e. The molecular formula is C16H12F3N3O. The van der Waals surface area contributed by atoms with E-state index in [-0.39, 0.29) is 11.1 Å². The van der Waals surface area contributed by atoms with Gasteiger partial charge in [-0.25, -0.2) is 0 Å². The minimum Gasteiger partial charge on any atom is -0.366 e. The second-order valence-corrected chi connectivity index (χ2v) is 5.16. The highest BCUT2D eigenvalue weighted by Gasteiger charge is 2.34. The number of fused-ring (bicyclic) bond motifs is 1. The largest absolute Gasteiger partial charge is 0.417 e. The Bertz CT molecular complexity index is 913. The standard InChI is InChI=1S/C16H12F3N3O/c1-22-14-5-3-9(6-11(14)8-21-22)12-7-10(15(20)23)2-4-13(12)16(17,18)19/h2-8H,1H3,(H2,20,23). The predicted octanol–water partition coefficient (Wildman–Crippen LogP) is 3.36. The lowest BCUT2D eigenvalue weighted by Gasteiger charge is -2.14. The first-order valence-corrected chi connectivity index (χ1v) is 6.70. The number of amides is 1. The fraction of sp³-hybridized carbons (Fsp3) is 0.125. The average molecular weight is 319 g/mol. The zero-order chi connectivity index (χ0) is 16.8. The molecule has 0 aliphatic carbocycles. The number of nitrogens with two attached hydrogens (primary N) is 1. The maximum atomic E-state index is 13.3. The van der Waals surface area contributed by atoms with Crippen LogP contribution in [0.15, 0.2) is 42.6 Å². The van der Waals surface area contributed by atoms with E-state index in [0.29, 0.717) is 10.9 Å². The topological polar surface area (TPSA) is 60.9 Å². The van der Waals surface area contributed by atoms with E-state index in [4.69, 9.17) is 5.73 Å². The van der Waals surface area contributed by atoms with Gasteiger partial charge in [0.05, 0.1) is 17.3 Å². The summed E-state index contributed by atoms with van der Waals surface area (Å²) in [7, 11) is 1.75. The van der Waals surface area contributed by atoms with Gasteiger partial charge in [0.1, 0.15) is 0 Å². The van der Waals surface area contributed by atoms with Crippen LogP contribution in [0.1, 0.15) is 15.9 Å². The molecule has 0 bridgehead atoms. The number of aromatic nitrogens is 2. The van der Waals surface area contributed by atoms with Gasteiger partial charge in [0.2, 0.25) is 5.91 Å². The molecule has 2 N–H and O–H groups in total. The summed E-state index contributed by atoms with van der Waals surface area (Å²) in [5.41, 5.74) is 5.46. The molecule has 0 saturated heterocycles. The second-order valence-electron chi connectivity index (χ2n) is 5.16. The zero-order valence-electron chi connectivity index (χ0n) is 12.1. The predicted molar refractivity (Wildman–Crippen MR) is 79.7 cm³/mol. The van der Waals surface area contributed by atoms with E-state index in [1.54, 1.807) is 36.1 Å². The van der Waals surface area contributed by atoms with Crippen LogP contribution in [0, 0.1) is 0 Å². The molecular weight excluding hydrogens is 307 g/mol. The molecule has 23 heavy (non-hydrogen) atoms. The molecule has 0 fully saturated rings. The van der Waals surface area contributed by atoms with Gasteiger partial charge in [-0.1, -0.05) is 6.07 Å². The third-order valence-electron chi connectivity index (χ3n) is 3.67. The molecule has 0 aliphatic rings. The van der Waals surface area contributed by atoms with Crippen LogP contribution in [0.5, 0.6) is 0 Å². The fourth-order valence-electron chi connectivity index (χ4n) is 2.51. The Morgan fingerprint density at radius 3 is 2.57 bits per heavy atom. The van der Waals surface area contributed by atoms with Gasteiger partial charge in [0.15, 0.2) is 0 Å². The lowest BCUT2D eigenvalue weighted by Crippen LogP contribution is -2.13. The highest BCUT2D eigenvalue weighted by atomic mass is 19.4. The van der Waals surface area contributed by atoms with Crippen molar-refractivity contribution in [3.8, 4) is 11.1 Å². The lowest BCUT2D eigenvalue weighted by atomic mass is 9.96. The van der Waals surface area contributed by atoms with Crippen molar-refractivity contribution in [2.24, 2.45) is 12.8 Å². The molecule has 1 aromatic heterocycles. The number of hydrogen-bond donors (Lipinski definition) is 1. The van der Waals surface area contributed by atoms with Crippen LogP contribution in [0.4, 0.5) is 13.2 Å². The van der Waals surface area contributed by atoms with E-state index in [9.17, 15) is 18.0 Å². The van der Waals surface area contributed by atoms with Crippen LogP contribution >= 0.6 is 0 Å². The van der Waals surface area contributed by atoms with Crippen molar-refractivity contribution in [3.05, 3.63) is 53.7 Å². The summed E-state index contributed by atoms with van der Waals surface area (Å²) in [4.78, 5) is 11.3. The Kier molecular flexibility index (Phi) is 3.35. The van der Waals surface area contributed by atoms with Gasteiger partial charge in [-0.2, -0.15) is 18.3 Å². The van der Waals surface area contributed by atoms with E-state index in [1.165, 1.54) is 6.07 Å². The summed E-state index contributed by atoms with van der Waals surface area (Å²) >= 11 is 0. The first-order chi connectivity index (χ1) is 10.8. The summed E-state index contributed by atoms with van der Waals surface area (Å²) < 4.78 is 41.4. The van der Waals surface area contributed by atoms with E-state index in [0.717, 1.165) is 17.6 Å². The van der Waals surface area contributed by atoms with Gasteiger partial charge in [0, 0.05) is 18.0 Å². The number of carbonyl (C=O) groups excluding carboxylic acids is 1. The van der Waals surface area contributed by atoms with Gasteiger partial charge in [-0.15, -0.1) is 0 Å². The summed E-state index contributed by atoms with van der Waals surface area (Å²) in [6, 6.07) is 7.99. The van der Waals surface area contributed by atoms with E-state index >= 15 is 0 Å². The number of aryl methyl sites for hydroxylation is 1. The molecule has 7 heteroatoms. The van der Waals surface area contributed by atoms with Crippen molar-refractivity contribution in [1.82, 2.24) is 9.78 Å². The van der Waals surface area contributed by atoms with Gasteiger partial charge in [0.25, 0.3) is 0 Å². The van der Waals surface area contributed by atoms with Crippen LogP contribution in [0.2, 0.25) is 0 Å². The minimum absolute atomic E-state index is 0.0271. The maximum Gasteiger partial charge on any atom is 0.417 e. The Balaban J connectivity index is 2.25. The third kappa shape index (κ3) is 2.65. The normalized spacial score (nSPS) is 11.8. The highest BCUT2D eigenvalue weighted by molar-refractivity contribution is 5.95. The van der Waals surface area contributed by atoms with Crippen molar-refractivity contribution >= 4 is 16.8 Å². The minimum atomic E-state index is -4.53. The molecule has 2 aromatic carbocycles. The van der Waals surface area contributed by atoms with Gasteiger partial charge >= 0.3 is 6.18 Å². The van der Waals surface area contributed by atoms with Crippen molar-refractivity contribution < 1.29 is 18.0 Å². The lowest BCUT2D eigenvalue weighted by molar-refractivity contribution is -0.137. The number of rotatable bonds is 2. The zero-order valence-corrected chi connectivity index (χ0v) is 12.1. The maximum absolute atomic E-state index is 13.3. The van der Waals surface area contributed by atoms with Crippen LogP contribution in [-0.4, -0.2) is 15.7 Å². The molecule has 3 aromatic rings. The molecule has 0 aliphatic heterocycles. The molecule has 4 nitrogen and oxygen atoms in total. The van der Waals surface area contributed by atoms with E-state index in [1.807, 2.05) is 0 Å². The van der Waals surface area contributed by atoms with E-state index < -0.39 is 17.6 Å². The van der Waals surface area contributed by atoms with Gasteiger partial charge in [-0.3, -0.25) is 9.48 Å². The average Bonchev–Trinajstić information content (AvgIpc) is 2.86. The molecule has 1 heterocycles. The molecule has 0 atom stereocenters. The number of alkyl halides is 3. The Hall–Kier alpha value is -2.83. The second kappa shape index (κ2) is 5.12. The van der Waals surface area contributed by atoms with Gasteiger partial charge in [-0.05, 0) is 41.5 Å². The van der Waals surface area contributed by atoms with Crippen molar-refractivity contribution in [2.75, 3.05) is 0 Å². The number of halogens is 3. The molecule has 3 rings (SSSR count). The quantitative estimate of drug-likeness (QED) is 0.787. The highest BCUT2D eigenvalue weighted by Crippen LogP contribution is 2.38. The van der Waals surface area contributed by atoms with Crippen LogP contribution in [-0.2, 0) is 13.2 Å². The molecule has 0 radical (unpaired) electrons. The monoisotopic (exact) mass is 319 g/mol. The van der Waals surface area contributed by atoms with Crippen LogP contribution < -0.4 is 5.73 Å². The third-order valence-corrected chi connectivity index (χ3v) is 3.67. The van der Waals surface area contributed by atoms with E-state index in [2.05, 4.69) is 5.10 Å². The first-order valence-electron chi connectivity index (χ1n) is 6.70. The number of hydrogen-bond acceptors (Lipinski definition) is 2. The number of benzene rings is 2. The molecule has 1 amide bonds. The summed E-state index contributed by atoms with van der Waals surface area (Å²) in [5, 5.41) is 4.78. The Labute approximate surface area is 129 Å². The number of primary amides is 1. The fourth-order valence-corrected chi connectivity index (χ4v) is 2.51. The van der Waals surface area contributed by atoms with Crippen LogP contribution in [0.25, 0.3) is 22.0 Å². The van der Waals surface area contributed by atoms with Gasteiger partial charge < -0.3 is 5.73 Å². The first kappa shape index (κ1) is 15.1. The van der Waals surface area contributed by atoms with Crippen molar-refractivity contribution in [1.29, 1.82) is 0 Å². The molecule has 0 saturated carbocycles. The van der Waals surface area contributed by atoms with Crippen molar-refractivity contribution in [2.45, 2.75) is 6.18 Å². The summed E-state index contributed by atoms with van der Waals surface area (Å²) in [6.45, 7) is 0. The Morgan fingerprint density at radius 2 is 1.91 bits per heavy atom. The Morgan fingerprint density at radius 1 is 1.17 bits per heavy atom. The number of nitrogens with zero attached hydrogens (tertiary/aromatic N) is 2. The molecule has 0 unspecified atom stereocenters.